The van der Waals surface area contributed by atoms with Crippen molar-refractivity contribution in [3.8, 4) is 0 Å². The van der Waals surface area contributed by atoms with Gasteiger partial charge in [-0.1, -0.05) is 43.4 Å². The minimum atomic E-state index is -4.38. The number of aliphatic hydroxyl groups is 1. The van der Waals surface area contributed by atoms with Crippen LogP contribution in [0.1, 0.15) is 30.5 Å². The lowest BCUT2D eigenvalue weighted by Crippen LogP contribution is -2.44. The molecule has 214 valence electrons. The summed E-state index contributed by atoms with van der Waals surface area (Å²) in [6, 6.07) is 7.90. The van der Waals surface area contributed by atoms with Crippen LogP contribution in [0.15, 0.2) is 72.8 Å². The number of hydrogen-bond donors (Lipinski definition) is 1. The molecule has 1 N–H and O–H groups in total. The van der Waals surface area contributed by atoms with Crippen molar-refractivity contribution < 1.29 is 36.5 Å². The summed E-state index contributed by atoms with van der Waals surface area (Å²) in [5.41, 5.74) is -1.13. The van der Waals surface area contributed by atoms with Gasteiger partial charge in [-0.05, 0) is 36.3 Å². The van der Waals surface area contributed by atoms with Crippen LogP contribution < -0.4 is 0 Å². The summed E-state index contributed by atoms with van der Waals surface area (Å²) in [7, 11) is 0. The van der Waals surface area contributed by atoms with Crippen LogP contribution in [0.4, 0.5) is 22.0 Å². The molecule has 40 heavy (non-hydrogen) atoms. The van der Waals surface area contributed by atoms with Gasteiger partial charge >= 0.3 is 6.18 Å². The lowest BCUT2D eigenvalue weighted by Gasteiger charge is -2.38. The van der Waals surface area contributed by atoms with E-state index in [0.29, 0.717) is 18.8 Å². The van der Waals surface area contributed by atoms with E-state index >= 15 is 0 Å². The third kappa shape index (κ3) is 7.36. The average molecular weight is 582 g/mol. The highest BCUT2D eigenvalue weighted by Crippen LogP contribution is 2.39. The highest BCUT2D eigenvalue weighted by atomic mass is 32.2. The molecule has 0 saturated carbocycles. The highest BCUT2D eigenvalue weighted by molar-refractivity contribution is 8.00. The molecule has 0 aliphatic carbocycles. The van der Waals surface area contributed by atoms with Crippen LogP contribution in [0.25, 0.3) is 6.08 Å². The summed E-state index contributed by atoms with van der Waals surface area (Å²) >= 11 is 1.35. The Labute approximate surface area is 232 Å². The van der Waals surface area contributed by atoms with Crippen LogP contribution in [0.3, 0.4) is 0 Å². The van der Waals surface area contributed by atoms with Gasteiger partial charge in [-0.25, -0.2) is 18.4 Å². The van der Waals surface area contributed by atoms with Crippen molar-refractivity contribution in [2.75, 3.05) is 13.2 Å². The molecule has 0 bridgehead atoms. The summed E-state index contributed by atoms with van der Waals surface area (Å²) in [5, 5.41) is 14.9. The lowest BCUT2D eigenvalue weighted by molar-refractivity contribution is -0.153. The number of benzene rings is 2. The van der Waals surface area contributed by atoms with Gasteiger partial charge < -0.3 is 14.6 Å². The van der Waals surface area contributed by atoms with Crippen molar-refractivity contribution in [3.63, 3.8) is 0 Å². The van der Waals surface area contributed by atoms with Crippen molar-refractivity contribution in [2.45, 2.75) is 49.0 Å². The molecule has 4 rings (SSSR count). The first-order valence-corrected chi connectivity index (χ1v) is 13.3. The van der Waals surface area contributed by atoms with Gasteiger partial charge in [-0.15, -0.1) is 11.8 Å². The normalized spacial score (nSPS) is 20.9. The summed E-state index contributed by atoms with van der Waals surface area (Å²) in [5.74, 6) is -1.61. The molecular weight excluding hydrogens is 553 g/mol. The maximum atomic E-state index is 14.8. The van der Waals surface area contributed by atoms with Crippen LogP contribution in [-0.2, 0) is 27.8 Å². The van der Waals surface area contributed by atoms with Crippen LogP contribution >= 0.6 is 11.8 Å². The third-order valence-corrected chi connectivity index (χ3v) is 7.92. The molecule has 6 nitrogen and oxygen atoms in total. The molecule has 1 saturated heterocycles. The Kier molecular flexibility index (Phi) is 9.44. The van der Waals surface area contributed by atoms with Crippen molar-refractivity contribution in [3.05, 3.63) is 101 Å². The number of hydrogen-bond acceptors (Lipinski definition) is 6. The number of rotatable bonds is 9. The Morgan fingerprint density at radius 3 is 2.45 bits per heavy atom. The van der Waals surface area contributed by atoms with Gasteiger partial charge in [-0.2, -0.15) is 18.3 Å². The maximum absolute atomic E-state index is 14.8. The van der Waals surface area contributed by atoms with E-state index in [-0.39, 0.29) is 17.4 Å². The monoisotopic (exact) mass is 581 g/mol. The molecule has 0 spiro atoms. The molecule has 0 radical (unpaired) electrons. The van der Waals surface area contributed by atoms with Gasteiger partial charge in [-0.3, -0.25) is 0 Å². The molecular formula is C28H28F5N3O3S. The predicted octanol–water partition coefficient (Wildman–Crippen LogP) is 5.99. The Morgan fingerprint density at radius 2 is 1.85 bits per heavy atom. The Balaban J connectivity index is 1.36. The first kappa shape index (κ1) is 29.9. The Hall–Kier alpha value is -3.06. The summed E-state index contributed by atoms with van der Waals surface area (Å²) < 4.78 is 79.6. The summed E-state index contributed by atoms with van der Waals surface area (Å²) in [4.78, 5) is 3.88. The van der Waals surface area contributed by atoms with E-state index < -0.39 is 40.5 Å². The zero-order chi connectivity index (χ0) is 28.9. The molecule has 2 atom stereocenters. The number of halogens is 5. The van der Waals surface area contributed by atoms with Gasteiger partial charge in [0.1, 0.15) is 29.9 Å². The SMILES string of the molecule is C/C(=C\C=C\c1ccc(C(F)(F)F)cc1)C1OCC(SC(C)C(O)(Cn2cncn2)c2ccc(F)cc2F)CO1. The van der Waals surface area contributed by atoms with E-state index in [2.05, 4.69) is 10.1 Å². The number of aromatic nitrogens is 3. The molecule has 1 fully saturated rings. The predicted molar refractivity (Wildman–Crippen MR) is 141 cm³/mol. The number of thioether (sulfide) groups is 1. The first-order valence-electron chi connectivity index (χ1n) is 12.4. The van der Waals surface area contributed by atoms with E-state index in [4.69, 9.17) is 9.47 Å². The highest BCUT2D eigenvalue weighted by Gasteiger charge is 2.41. The fraction of sp³-hybridized carbons (Fsp3) is 0.357. The fourth-order valence-corrected chi connectivity index (χ4v) is 5.55. The fourth-order valence-electron chi connectivity index (χ4n) is 4.24. The smallest absolute Gasteiger partial charge is 0.382 e. The van der Waals surface area contributed by atoms with Crippen molar-refractivity contribution in [1.29, 1.82) is 0 Å². The van der Waals surface area contributed by atoms with Gasteiger partial charge in [0, 0.05) is 16.9 Å². The van der Waals surface area contributed by atoms with Crippen LogP contribution in [0.2, 0.25) is 0 Å². The van der Waals surface area contributed by atoms with Crippen molar-refractivity contribution in [2.24, 2.45) is 0 Å². The molecule has 0 amide bonds. The topological polar surface area (TPSA) is 69.4 Å². The van der Waals surface area contributed by atoms with Gasteiger partial charge in [0.2, 0.25) is 0 Å². The number of ether oxygens (including phenoxy) is 2. The second-order valence-corrected chi connectivity index (χ2v) is 11.1. The molecule has 1 aromatic heterocycles. The zero-order valence-corrected chi connectivity index (χ0v) is 22.5. The quantitative estimate of drug-likeness (QED) is 0.248. The second-order valence-electron chi connectivity index (χ2n) is 9.43. The number of allylic oxidation sites excluding steroid dienone is 2. The van der Waals surface area contributed by atoms with Crippen molar-refractivity contribution in [1.82, 2.24) is 14.8 Å². The summed E-state index contributed by atoms with van der Waals surface area (Å²) in [6.45, 7) is 4.03. The molecule has 2 heterocycles. The standard InChI is InChI=1S/C28H28F5N3O3S/c1-18(4-3-5-20-6-8-21(9-7-20)28(31,32)33)26-38-13-23(14-39-26)40-19(2)27(37,15-36-17-34-16-35-36)24-11-10-22(29)12-25(24)30/h3-12,16-17,19,23,26,37H,13-15H2,1-2H3/b5-3+,18-4+. The molecule has 12 heteroatoms. The van der Waals surface area contributed by atoms with E-state index in [1.807, 2.05) is 6.92 Å². The molecule has 1 aliphatic rings. The molecule has 3 aromatic rings. The van der Waals surface area contributed by atoms with Gasteiger partial charge in [0.15, 0.2) is 6.29 Å². The van der Waals surface area contributed by atoms with E-state index in [1.54, 1.807) is 25.2 Å². The second kappa shape index (κ2) is 12.6. The Bertz CT molecular complexity index is 1320. The van der Waals surface area contributed by atoms with Crippen LogP contribution in [0, 0.1) is 11.6 Å². The Morgan fingerprint density at radius 1 is 1.15 bits per heavy atom. The lowest BCUT2D eigenvalue weighted by atomic mass is 9.90. The van der Waals surface area contributed by atoms with Gasteiger partial charge in [0.05, 0.1) is 30.6 Å². The average Bonchev–Trinajstić information content (AvgIpc) is 3.41. The minimum absolute atomic E-state index is 0.0569. The largest absolute Gasteiger partial charge is 0.416 e. The van der Waals surface area contributed by atoms with E-state index in [1.165, 1.54) is 47.3 Å². The third-order valence-electron chi connectivity index (χ3n) is 6.46. The minimum Gasteiger partial charge on any atom is -0.382 e. The van der Waals surface area contributed by atoms with E-state index in [9.17, 15) is 27.1 Å². The molecule has 1 aliphatic heterocycles. The molecule has 2 aromatic carbocycles. The zero-order valence-electron chi connectivity index (χ0n) is 21.7. The van der Waals surface area contributed by atoms with Gasteiger partial charge in [0.25, 0.3) is 0 Å². The van der Waals surface area contributed by atoms with E-state index in [0.717, 1.165) is 29.8 Å². The first-order chi connectivity index (χ1) is 19.0. The van der Waals surface area contributed by atoms with Crippen LogP contribution in [0.5, 0.6) is 0 Å². The van der Waals surface area contributed by atoms with Crippen LogP contribution in [-0.4, -0.2) is 49.9 Å². The van der Waals surface area contributed by atoms with Crippen molar-refractivity contribution >= 4 is 17.8 Å². The maximum Gasteiger partial charge on any atom is 0.416 e. The molecule has 2 unspecified atom stereocenters. The summed E-state index contributed by atoms with van der Waals surface area (Å²) in [6.07, 6.45) is 2.85. The number of nitrogens with zero attached hydrogens (tertiary/aromatic N) is 3. The number of alkyl halides is 3.